The van der Waals surface area contributed by atoms with Crippen LogP contribution >= 0.6 is 0 Å². The topological polar surface area (TPSA) is 39.1 Å². The van der Waals surface area contributed by atoms with E-state index in [9.17, 15) is 0 Å². The molecular formula is C11H21N3O. The van der Waals surface area contributed by atoms with Gasteiger partial charge in [-0.15, -0.1) is 0 Å². The molecule has 4 heteroatoms. The number of nitrogens with zero attached hydrogens (tertiary/aromatic N) is 2. The van der Waals surface area contributed by atoms with Crippen LogP contribution in [0.25, 0.3) is 0 Å². The highest BCUT2D eigenvalue weighted by Crippen LogP contribution is 2.03. The SMILES string of the molecule is COCCNCc1ccnn1CC(C)C. The summed E-state index contributed by atoms with van der Waals surface area (Å²) in [5, 5.41) is 7.62. The van der Waals surface area contributed by atoms with Crippen LogP contribution in [0.4, 0.5) is 0 Å². The largest absolute Gasteiger partial charge is 0.383 e. The van der Waals surface area contributed by atoms with Gasteiger partial charge in [-0.25, -0.2) is 0 Å². The van der Waals surface area contributed by atoms with Crippen molar-refractivity contribution in [3.05, 3.63) is 18.0 Å². The van der Waals surface area contributed by atoms with E-state index >= 15 is 0 Å². The summed E-state index contributed by atoms with van der Waals surface area (Å²) in [7, 11) is 1.71. The number of methoxy groups -OCH3 is 1. The molecule has 1 rings (SSSR count). The zero-order chi connectivity index (χ0) is 11.1. The summed E-state index contributed by atoms with van der Waals surface area (Å²) in [6.07, 6.45) is 1.86. The first kappa shape index (κ1) is 12.2. The number of hydrogen-bond acceptors (Lipinski definition) is 3. The van der Waals surface area contributed by atoms with Gasteiger partial charge < -0.3 is 10.1 Å². The van der Waals surface area contributed by atoms with E-state index in [1.807, 2.05) is 6.20 Å². The van der Waals surface area contributed by atoms with Crippen molar-refractivity contribution >= 4 is 0 Å². The highest BCUT2D eigenvalue weighted by atomic mass is 16.5. The van der Waals surface area contributed by atoms with Gasteiger partial charge in [-0.1, -0.05) is 13.8 Å². The maximum absolute atomic E-state index is 4.97. The molecule has 0 unspecified atom stereocenters. The summed E-state index contributed by atoms with van der Waals surface area (Å²) in [6, 6.07) is 2.06. The molecule has 0 radical (unpaired) electrons. The second-order valence-electron chi connectivity index (χ2n) is 4.07. The van der Waals surface area contributed by atoms with Crippen molar-refractivity contribution in [3.63, 3.8) is 0 Å². The number of aromatic nitrogens is 2. The lowest BCUT2D eigenvalue weighted by molar-refractivity contribution is 0.199. The lowest BCUT2D eigenvalue weighted by Gasteiger charge is -2.10. The Hall–Kier alpha value is -0.870. The first-order valence-corrected chi connectivity index (χ1v) is 5.44. The van der Waals surface area contributed by atoms with E-state index in [-0.39, 0.29) is 0 Å². The molecule has 0 saturated heterocycles. The van der Waals surface area contributed by atoms with Gasteiger partial charge in [-0.3, -0.25) is 4.68 Å². The minimum absolute atomic E-state index is 0.627. The highest BCUT2D eigenvalue weighted by Gasteiger charge is 2.03. The first-order valence-electron chi connectivity index (χ1n) is 5.44. The molecule has 15 heavy (non-hydrogen) atoms. The summed E-state index contributed by atoms with van der Waals surface area (Å²) in [4.78, 5) is 0. The first-order chi connectivity index (χ1) is 7.24. The Kier molecular flexibility index (Phi) is 5.36. The number of hydrogen-bond donors (Lipinski definition) is 1. The predicted molar refractivity (Wildman–Crippen MR) is 60.6 cm³/mol. The quantitative estimate of drug-likeness (QED) is 0.690. The zero-order valence-electron chi connectivity index (χ0n) is 9.86. The van der Waals surface area contributed by atoms with Gasteiger partial charge in [-0.05, 0) is 12.0 Å². The van der Waals surface area contributed by atoms with E-state index in [1.54, 1.807) is 7.11 Å². The van der Waals surface area contributed by atoms with Crippen LogP contribution in [0.3, 0.4) is 0 Å². The van der Waals surface area contributed by atoms with Crippen LogP contribution in [0, 0.1) is 5.92 Å². The lowest BCUT2D eigenvalue weighted by atomic mass is 10.2. The van der Waals surface area contributed by atoms with Crippen LogP contribution < -0.4 is 5.32 Å². The van der Waals surface area contributed by atoms with Gasteiger partial charge in [0.25, 0.3) is 0 Å². The number of rotatable bonds is 7. The van der Waals surface area contributed by atoms with E-state index in [0.29, 0.717) is 5.92 Å². The summed E-state index contributed by atoms with van der Waals surface area (Å²) in [6.45, 7) is 7.86. The second-order valence-corrected chi connectivity index (χ2v) is 4.07. The Bertz CT molecular complexity index is 271. The molecule has 1 N–H and O–H groups in total. The van der Waals surface area contributed by atoms with Gasteiger partial charge in [0.1, 0.15) is 0 Å². The molecule has 0 aliphatic rings. The zero-order valence-corrected chi connectivity index (χ0v) is 9.86. The van der Waals surface area contributed by atoms with Crippen molar-refractivity contribution < 1.29 is 4.74 Å². The average Bonchev–Trinajstić information content (AvgIpc) is 2.59. The van der Waals surface area contributed by atoms with Crippen molar-refractivity contribution in [2.45, 2.75) is 26.9 Å². The fraction of sp³-hybridized carbons (Fsp3) is 0.727. The van der Waals surface area contributed by atoms with E-state index in [4.69, 9.17) is 4.74 Å². The number of ether oxygens (including phenoxy) is 1. The molecule has 0 aliphatic carbocycles. The summed E-state index contributed by atoms with van der Waals surface area (Å²) in [5.41, 5.74) is 1.24. The fourth-order valence-electron chi connectivity index (χ4n) is 1.41. The molecular weight excluding hydrogens is 190 g/mol. The minimum atomic E-state index is 0.627. The number of nitrogens with one attached hydrogen (secondary N) is 1. The van der Waals surface area contributed by atoms with Gasteiger partial charge in [0.05, 0.1) is 12.3 Å². The molecule has 0 aliphatic heterocycles. The van der Waals surface area contributed by atoms with Crippen molar-refractivity contribution in [3.8, 4) is 0 Å². The molecule has 0 atom stereocenters. The molecule has 1 aromatic rings. The van der Waals surface area contributed by atoms with Gasteiger partial charge in [0.15, 0.2) is 0 Å². The normalized spacial score (nSPS) is 11.2. The summed E-state index contributed by atoms with van der Waals surface area (Å²) >= 11 is 0. The van der Waals surface area contributed by atoms with Gasteiger partial charge in [-0.2, -0.15) is 5.10 Å². The van der Waals surface area contributed by atoms with Gasteiger partial charge in [0.2, 0.25) is 0 Å². The maximum Gasteiger partial charge on any atom is 0.0587 e. The van der Waals surface area contributed by atoms with E-state index in [0.717, 1.165) is 26.2 Å². The average molecular weight is 211 g/mol. The molecule has 0 bridgehead atoms. The molecule has 0 saturated carbocycles. The predicted octanol–water partition coefficient (Wildman–Crippen LogP) is 1.28. The summed E-state index contributed by atoms with van der Waals surface area (Å²) in [5.74, 6) is 0.627. The molecule has 0 spiro atoms. The van der Waals surface area contributed by atoms with Crippen LogP contribution in [0.2, 0.25) is 0 Å². The Morgan fingerprint density at radius 2 is 2.33 bits per heavy atom. The Balaban J connectivity index is 2.36. The van der Waals surface area contributed by atoms with Crippen molar-refractivity contribution in [1.29, 1.82) is 0 Å². The molecule has 0 aromatic carbocycles. The van der Waals surface area contributed by atoms with Crippen molar-refractivity contribution in [2.24, 2.45) is 5.92 Å². The Morgan fingerprint density at radius 1 is 1.53 bits per heavy atom. The standard InChI is InChI=1S/C11H21N3O/c1-10(2)9-14-11(4-5-13-14)8-12-6-7-15-3/h4-5,10,12H,6-9H2,1-3H3. The Morgan fingerprint density at radius 3 is 3.00 bits per heavy atom. The fourth-order valence-corrected chi connectivity index (χ4v) is 1.41. The smallest absolute Gasteiger partial charge is 0.0587 e. The van der Waals surface area contributed by atoms with Crippen molar-refractivity contribution in [1.82, 2.24) is 15.1 Å². The highest BCUT2D eigenvalue weighted by molar-refractivity contribution is 5.00. The molecule has 86 valence electrons. The monoisotopic (exact) mass is 211 g/mol. The van der Waals surface area contributed by atoms with Crippen LogP contribution in [-0.2, 0) is 17.8 Å². The minimum Gasteiger partial charge on any atom is -0.383 e. The van der Waals surface area contributed by atoms with Gasteiger partial charge in [0, 0.05) is 32.9 Å². The van der Waals surface area contributed by atoms with Crippen LogP contribution in [0.1, 0.15) is 19.5 Å². The van der Waals surface area contributed by atoms with E-state index in [2.05, 4.69) is 35.0 Å². The van der Waals surface area contributed by atoms with E-state index < -0.39 is 0 Å². The third-order valence-corrected chi connectivity index (χ3v) is 2.13. The molecule has 0 amide bonds. The molecule has 1 heterocycles. The third kappa shape index (κ3) is 4.44. The second kappa shape index (κ2) is 6.58. The van der Waals surface area contributed by atoms with Crippen LogP contribution in [0.15, 0.2) is 12.3 Å². The molecule has 0 fully saturated rings. The van der Waals surface area contributed by atoms with Crippen LogP contribution in [-0.4, -0.2) is 30.0 Å². The van der Waals surface area contributed by atoms with Gasteiger partial charge >= 0.3 is 0 Å². The van der Waals surface area contributed by atoms with Crippen molar-refractivity contribution in [2.75, 3.05) is 20.3 Å². The summed E-state index contributed by atoms with van der Waals surface area (Å²) < 4.78 is 7.03. The Labute approximate surface area is 91.6 Å². The molecule has 1 aromatic heterocycles. The maximum atomic E-state index is 4.97. The third-order valence-electron chi connectivity index (χ3n) is 2.13. The lowest BCUT2D eigenvalue weighted by Crippen LogP contribution is -2.21. The van der Waals surface area contributed by atoms with E-state index in [1.165, 1.54) is 5.69 Å². The molecule has 4 nitrogen and oxygen atoms in total. The van der Waals surface area contributed by atoms with Crippen LogP contribution in [0.5, 0.6) is 0 Å².